The number of benzene rings is 3. The van der Waals surface area contributed by atoms with E-state index in [1.807, 2.05) is 146 Å². The van der Waals surface area contributed by atoms with Gasteiger partial charge in [0.15, 0.2) is 31.5 Å². The summed E-state index contributed by atoms with van der Waals surface area (Å²) in [6.07, 6.45) is -13.3. The number of hydrogen-bond donors (Lipinski definition) is 0. The standard InChI is InChI=1S/C62H86N6O17/c1-33-39(7)77-59(36(4)51(33)74-28-44-22-16-13-17-23-44)82-52-34(2)49(65-67-63)62(80-47(52)31-72-42(10)69)85-57-41(9)79-60(38(6)55(57)76-30-46-26-20-15-21-27-46)83-53-35(3)50(66-68-64)61(81-48(53)32-73-43(11)70)84-56-40(8)78-58(71-12)37(5)54(56)75-29-45-24-18-14-19-25-45/h13-27,33-41,47-62H,28-32H2,1-12H3/t33-,34-,35-,36?,37?,38?,39?,40?,41?,47?,48?,49?,50?,51-,52+,53+,54+,55+,56+,57?,58-,59+,60+,61+,62+/m1/s1. The monoisotopic (exact) mass is 1190 g/mol. The Morgan fingerprint density at radius 3 is 1.14 bits per heavy atom. The topological polar surface area (TPSA) is 270 Å². The van der Waals surface area contributed by atoms with Crippen molar-refractivity contribution in [3.63, 3.8) is 0 Å². The molecule has 5 aliphatic rings. The van der Waals surface area contributed by atoms with E-state index in [0.29, 0.717) is 6.61 Å². The summed E-state index contributed by atoms with van der Waals surface area (Å²) in [5.41, 5.74) is 23.2. The number of hydrogen-bond acceptors (Lipinski definition) is 19. The average Bonchev–Trinajstić information content (AvgIpc) is 3.43. The highest BCUT2D eigenvalue weighted by Gasteiger charge is 2.55. The predicted octanol–water partition coefficient (Wildman–Crippen LogP) is 9.91. The van der Waals surface area contributed by atoms with E-state index in [9.17, 15) is 20.7 Å². The fourth-order valence-corrected chi connectivity index (χ4v) is 12.3. The summed E-state index contributed by atoms with van der Waals surface area (Å²) >= 11 is 0. The van der Waals surface area contributed by atoms with E-state index in [1.165, 1.54) is 13.8 Å². The molecule has 0 bridgehead atoms. The SMILES string of the molecule is CO[C@@H]1OC(C)[C@H](O[C@@H]2OC(COC(C)=O)[C@@H](O[C@@H]3OC(C)C(O[C@@H]4OC(COC(C)=O)[C@@H](O[C@@H]5OC(C)[C@@H](C)[C@@H](OCc6ccccc6)C5C)[C@H](C)C4N=[N+]=[N-])[C@@H](OCc4ccccc4)C3C)[C@H](C)C2N=[N+]=[N-])[C@@H](OCc2ccccc2)C1C. The van der Waals surface area contributed by atoms with Gasteiger partial charge in [0.2, 0.25) is 0 Å². The van der Waals surface area contributed by atoms with Crippen LogP contribution < -0.4 is 0 Å². The summed E-state index contributed by atoms with van der Waals surface area (Å²) in [5.74, 6) is -3.46. The molecule has 8 rings (SSSR count). The van der Waals surface area contributed by atoms with Crippen LogP contribution in [0.2, 0.25) is 0 Å². The molecule has 5 saturated heterocycles. The van der Waals surface area contributed by atoms with Crippen molar-refractivity contribution in [3.8, 4) is 0 Å². The smallest absolute Gasteiger partial charge is 0.302 e. The molecule has 0 amide bonds. The third kappa shape index (κ3) is 16.5. The van der Waals surface area contributed by atoms with Crippen LogP contribution in [0.25, 0.3) is 20.9 Å². The molecular weight excluding hydrogens is 1100 g/mol. The van der Waals surface area contributed by atoms with E-state index in [-0.39, 0.29) is 56.4 Å². The Balaban J connectivity index is 1.04. The molecule has 11 unspecified atom stereocenters. The minimum Gasteiger partial charge on any atom is -0.463 e. The lowest BCUT2D eigenvalue weighted by Gasteiger charge is -2.51. The van der Waals surface area contributed by atoms with Crippen molar-refractivity contribution in [2.24, 2.45) is 45.7 Å². The van der Waals surface area contributed by atoms with Gasteiger partial charge in [0.1, 0.15) is 37.6 Å². The zero-order chi connectivity index (χ0) is 60.9. The highest BCUT2D eigenvalue weighted by Crippen LogP contribution is 2.43. The normalized spacial score (nSPS) is 38.5. The number of azide groups is 2. The van der Waals surface area contributed by atoms with Crippen LogP contribution in [0, 0.1) is 35.5 Å². The lowest BCUT2D eigenvalue weighted by atomic mass is 9.85. The Hall–Kier alpha value is -5.30. The van der Waals surface area contributed by atoms with Crippen molar-refractivity contribution in [1.82, 2.24) is 0 Å². The maximum atomic E-state index is 12.5. The second-order valence-corrected chi connectivity index (χ2v) is 23.3. The van der Waals surface area contributed by atoms with E-state index in [4.69, 9.17) is 71.1 Å². The van der Waals surface area contributed by atoms with Gasteiger partial charge in [0.25, 0.3) is 0 Å². The molecule has 0 saturated carbocycles. The molecule has 0 radical (unpaired) electrons. The Bertz CT molecular complexity index is 2660. The molecule has 25 atom stereocenters. The maximum absolute atomic E-state index is 12.5. The first-order valence-electron chi connectivity index (χ1n) is 29.6. The highest BCUT2D eigenvalue weighted by molar-refractivity contribution is 5.66. The van der Waals surface area contributed by atoms with Crippen LogP contribution >= 0.6 is 0 Å². The van der Waals surface area contributed by atoms with Crippen molar-refractivity contribution in [2.75, 3.05) is 20.3 Å². The zero-order valence-corrected chi connectivity index (χ0v) is 50.8. The second-order valence-electron chi connectivity index (χ2n) is 23.3. The van der Waals surface area contributed by atoms with Crippen molar-refractivity contribution >= 4 is 11.9 Å². The molecule has 5 aliphatic heterocycles. The van der Waals surface area contributed by atoms with E-state index in [1.54, 1.807) is 7.11 Å². The lowest BCUT2D eigenvalue weighted by molar-refractivity contribution is -0.366. The Morgan fingerprint density at radius 1 is 0.424 bits per heavy atom. The average molecular weight is 1190 g/mol. The molecule has 5 heterocycles. The van der Waals surface area contributed by atoms with Crippen LogP contribution in [0.3, 0.4) is 0 Å². The third-order valence-corrected chi connectivity index (χ3v) is 17.3. The number of esters is 2. The van der Waals surface area contributed by atoms with E-state index < -0.39 is 134 Å². The first-order valence-corrected chi connectivity index (χ1v) is 29.6. The summed E-state index contributed by atoms with van der Waals surface area (Å²) < 4.78 is 98.0. The summed E-state index contributed by atoms with van der Waals surface area (Å²) in [4.78, 5) is 31.5. The molecule has 0 N–H and O–H groups in total. The minimum atomic E-state index is -1.23. The summed E-state index contributed by atoms with van der Waals surface area (Å²) in [5, 5.41) is 8.52. The van der Waals surface area contributed by atoms with Crippen LogP contribution in [-0.2, 0) is 100 Å². The molecule has 3 aromatic carbocycles. The van der Waals surface area contributed by atoms with Gasteiger partial charge in [-0.1, -0.05) is 143 Å². The van der Waals surface area contributed by atoms with Crippen molar-refractivity contribution in [3.05, 3.63) is 129 Å². The van der Waals surface area contributed by atoms with Gasteiger partial charge in [-0.2, -0.15) is 0 Å². The quantitative estimate of drug-likeness (QED) is 0.0349. The molecule has 85 heavy (non-hydrogen) atoms. The minimum absolute atomic E-state index is 0.0250. The molecule has 5 fully saturated rings. The van der Waals surface area contributed by atoms with Crippen LogP contribution in [-0.4, -0.2) is 149 Å². The van der Waals surface area contributed by atoms with Gasteiger partial charge in [-0.25, -0.2) is 0 Å². The number of carbonyl (C=O) groups excluding carboxylic acids is 2. The number of rotatable bonds is 24. The zero-order valence-electron chi connectivity index (χ0n) is 50.8. The Kier molecular flexibility index (Phi) is 24.0. The summed E-state index contributed by atoms with van der Waals surface area (Å²) in [7, 11) is 1.57. The van der Waals surface area contributed by atoms with Crippen LogP contribution in [0.15, 0.2) is 101 Å². The first kappa shape index (κ1) is 65.7. The van der Waals surface area contributed by atoms with Gasteiger partial charge in [-0.05, 0) is 60.4 Å². The molecule has 3 aromatic rings. The van der Waals surface area contributed by atoms with E-state index in [2.05, 4.69) is 27.0 Å². The van der Waals surface area contributed by atoms with Crippen LogP contribution in [0.1, 0.15) is 92.9 Å². The summed E-state index contributed by atoms with van der Waals surface area (Å²) in [6, 6.07) is 27.4. The first-order chi connectivity index (χ1) is 40.9. The number of methoxy groups -OCH3 is 1. The van der Waals surface area contributed by atoms with Gasteiger partial charge in [0, 0.05) is 54.5 Å². The largest absolute Gasteiger partial charge is 0.463 e. The van der Waals surface area contributed by atoms with Crippen molar-refractivity contribution in [1.29, 1.82) is 0 Å². The molecular formula is C62H86N6O17. The molecule has 0 aliphatic carbocycles. The number of ether oxygens (including phenoxy) is 15. The number of nitrogens with zero attached hydrogens (tertiary/aromatic N) is 6. The highest BCUT2D eigenvalue weighted by atomic mass is 16.8. The molecule has 0 aromatic heterocycles. The molecule has 23 heteroatoms. The lowest BCUT2D eigenvalue weighted by Crippen LogP contribution is -2.63. The van der Waals surface area contributed by atoms with Crippen molar-refractivity contribution < 1.29 is 80.6 Å². The number of carbonyl (C=O) groups is 2. The van der Waals surface area contributed by atoms with E-state index >= 15 is 0 Å². The predicted molar refractivity (Wildman–Crippen MR) is 306 cm³/mol. The maximum Gasteiger partial charge on any atom is 0.302 e. The van der Waals surface area contributed by atoms with Gasteiger partial charge in [-0.15, -0.1) is 0 Å². The van der Waals surface area contributed by atoms with Crippen LogP contribution in [0.4, 0.5) is 0 Å². The second kappa shape index (κ2) is 31.1. The molecule has 466 valence electrons. The molecule has 23 nitrogen and oxygen atoms in total. The van der Waals surface area contributed by atoms with E-state index in [0.717, 1.165) is 16.7 Å². The van der Waals surface area contributed by atoms with Gasteiger partial charge < -0.3 is 71.1 Å². The van der Waals surface area contributed by atoms with Gasteiger partial charge in [-0.3, -0.25) is 9.59 Å². The fourth-order valence-electron chi connectivity index (χ4n) is 12.3. The Labute approximate surface area is 498 Å². The van der Waals surface area contributed by atoms with Gasteiger partial charge >= 0.3 is 11.9 Å². The fraction of sp³-hybridized carbons (Fsp3) is 0.677. The summed E-state index contributed by atoms with van der Waals surface area (Å²) in [6.45, 7) is 20.3. The van der Waals surface area contributed by atoms with Gasteiger partial charge in [0.05, 0.1) is 80.7 Å². The third-order valence-electron chi connectivity index (χ3n) is 17.3. The van der Waals surface area contributed by atoms with Crippen molar-refractivity contribution in [2.45, 2.75) is 213 Å². The Morgan fingerprint density at radius 2 is 0.765 bits per heavy atom. The van der Waals surface area contributed by atoms with Crippen LogP contribution in [0.5, 0.6) is 0 Å². The molecule has 0 spiro atoms.